The van der Waals surface area contributed by atoms with Crippen LogP contribution in [0.25, 0.3) is 0 Å². The van der Waals surface area contributed by atoms with Crippen LogP contribution in [0, 0.1) is 0 Å². The summed E-state index contributed by atoms with van der Waals surface area (Å²) in [6, 6.07) is 0.360. The van der Waals surface area contributed by atoms with Gasteiger partial charge < -0.3 is 15.5 Å². The normalized spacial score (nSPS) is 16.6. The second-order valence-corrected chi connectivity index (χ2v) is 6.39. The Morgan fingerprint density at radius 1 is 1.14 bits per heavy atom. The number of piperidine rings is 1. The lowest BCUT2D eigenvalue weighted by Crippen LogP contribution is -2.31. The minimum atomic E-state index is 0.360. The predicted molar refractivity (Wildman–Crippen MR) is 91.5 cm³/mol. The smallest absolute Gasteiger partial charge is 0.231 e. The molecule has 0 saturated carbocycles. The van der Waals surface area contributed by atoms with Gasteiger partial charge in [-0.3, -0.25) is 0 Å². The summed E-state index contributed by atoms with van der Waals surface area (Å²) in [4.78, 5) is 15.8. The van der Waals surface area contributed by atoms with Crippen molar-refractivity contribution in [3.63, 3.8) is 0 Å². The molecule has 0 radical (unpaired) electrons. The summed E-state index contributed by atoms with van der Waals surface area (Å²) in [5.74, 6) is 3.22. The quantitative estimate of drug-likeness (QED) is 0.802. The van der Waals surface area contributed by atoms with Crippen molar-refractivity contribution in [3.05, 3.63) is 0 Å². The summed E-state index contributed by atoms with van der Waals surface area (Å²) in [5.41, 5.74) is 0. The van der Waals surface area contributed by atoms with Gasteiger partial charge >= 0.3 is 0 Å². The van der Waals surface area contributed by atoms with Crippen molar-refractivity contribution < 1.29 is 0 Å². The molecule has 21 heavy (non-hydrogen) atoms. The van der Waals surface area contributed by atoms with Crippen molar-refractivity contribution in [2.24, 2.45) is 0 Å². The third kappa shape index (κ3) is 4.91. The van der Waals surface area contributed by atoms with E-state index in [0.717, 1.165) is 31.2 Å². The number of thioether (sulfide) groups is 1. The molecule has 6 nitrogen and oxygen atoms in total. The Balaban J connectivity index is 2.09. The van der Waals surface area contributed by atoms with Gasteiger partial charge in [-0.25, -0.2) is 0 Å². The van der Waals surface area contributed by atoms with Gasteiger partial charge in [0.25, 0.3) is 0 Å². The molecule has 0 aromatic carbocycles. The SMILES string of the molecule is CNc1nc(NC(C)CCSC)nc(N2CCCCC2)n1. The van der Waals surface area contributed by atoms with Crippen molar-refractivity contribution in [2.75, 3.05) is 47.7 Å². The second kappa shape index (κ2) is 8.26. The molecule has 0 bridgehead atoms. The Hall–Kier alpha value is -1.24. The first-order valence-corrected chi connectivity index (χ1v) is 9.06. The van der Waals surface area contributed by atoms with Gasteiger partial charge in [-0.15, -0.1) is 0 Å². The maximum absolute atomic E-state index is 4.60. The van der Waals surface area contributed by atoms with E-state index in [-0.39, 0.29) is 0 Å². The van der Waals surface area contributed by atoms with E-state index in [1.54, 1.807) is 0 Å². The van der Waals surface area contributed by atoms with Crippen LogP contribution >= 0.6 is 11.8 Å². The Morgan fingerprint density at radius 3 is 2.52 bits per heavy atom. The van der Waals surface area contributed by atoms with E-state index in [1.807, 2.05) is 18.8 Å². The lowest BCUT2D eigenvalue weighted by molar-refractivity contribution is 0.567. The number of nitrogens with one attached hydrogen (secondary N) is 2. The summed E-state index contributed by atoms with van der Waals surface area (Å²) < 4.78 is 0. The molecule has 1 fully saturated rings. The van der Waals surface area contributed by atoms with E-state index < -0.39 is 0 Å². The maximum Gasteiger partial charge on any atom is 0.231 e. The Labute approximate surface area is 131 Å². The van der Waals surface area contributed by atoms with Crippen molar-refractivity contribution in [2.45, 2.75) is 38.6 Å². The molecule has 1 aromatic rings. The number of hydrogen-bond acceptors (Lipinski definition) is 7. The molecule has 118 valence electrons. The van der Waals surface area contributed by atoms with Gasteiger partial charge in [-0.2, -0.15) is 26.7 Å². The van der Waals surface area contributed by atoms with E-state index in [1.165, 1.54) is 19.3 Å². The molecule has 1 aliphatic rings. The molecule has 7 heteroatoms. The molecule has 1 atom stereocenters. The average molecular weight is 310 g/mol. The van der Waals surface area contributed by atoms with Gasteiger partial charge in [0.2, 0.25) is 17.8 Å². The van der Waals surface area contributed by atoms with E-state index in [9.17, 15) is 0 Å². The van der Waals surface area contributed by atoms with Gasteiger partial charge in [0.15, 0.2) is 0 Å². The van der Waals surface area contributed by atoms with Crippen molar-refractivity contribution in [1.82, 2.24) is 15.0 Å². The minimum Gasteiger partial charge on any atom is -0.357 e. The largest absolute Gasteiger partial charge is 0.357 e. The van der Waals surface area contributed by atoms with Crippen LogP contribution in [0.1, 0.15) is 32.6 Å². The first-order chi connectivity index (χ1) is 10.2. The predicted octanol–water partition coefficient (Wildman–Crippen LogP) is 2.46. The number of aromatic nitrogens is 3. The second-order valence-electron chi connectivity index (χ2n) is 5.41. The zero-order chi connectivity index (χ0) is 15.1. The van der Waals surface area contributed by atoms with Crippen LogP contribution in [-0.2, 0) is 0 Å². The standard InChI is InChI=1S/C14H26N6S/c1-11(7-10-21-3)16-13-17-12(15-2)18-14(19-13)20-8-5-4-6-9-20/h11H,4-10H2,1-3H3,(H2,15,16,17,18,19). The first kappa shape index (κ1) is 16.1. The fraction of sp³-hybridized carbons (Fsp3) is 0.786. The number of hydrogen-bond donors (Lipinski definition) is 2. The maximum atomic E-state index is 4.60. The van der Waals surface area contributed by atoms with Crippen LogP contribution in [0.4, 0.5) is 17.8 Å². The Morgan fingerprint density at radius 2 is 1.86 bits per heavy atom. The van der Waals surface area contributed by atoms with Crippen molar-refractivity contribution in [3.8, 4) is 0 Å². The summed E-state index contributed by atoms with van der Waals surface area (Å²) in [7, 11) is 1.84. The summed E-state index contributed by atoms with van der Waals surface area (Å²) in [6.45, 7) is 4.24. The molecule has 0 amide bonds. The molecular formula is C14H26N6S. The highest BCUT2D eigenvalue weighted by Crippen LogP contribution is 2.19. The van der Waals surface area contributed by atoms with Gasteiger partial charge in [-0.1, -0.05) is 0 Å². The molecule has 0 spiro atoms. The van der Waals surface area contributed by atoms with Crippen LogP contribution in [-0.4, -0.2) is 53.1 Å². The molecule has 2 heterocycles. The molecular weight excluding hydrogens is 284 g/mol. The number of anilines is 3. The van der Waals surface area contributed by atoms with Gasteiger partial charge in [-0.05, 0) is 44.6 Å². The average Bonchev–Trinajstić information content (AvgIpc) is 2.53. The topological polar surface area (TPSA) is 66.0 Å². The summed E-state index contributed by atoms with van der Waals surface area (Å²) in [6.07, 6.45) is 6.96. The fourth-order valence-electron chi connectivity index (χ4n) is 2.36. The molecule has 1 saturated heterocycles. The highest BCUT2D eigenvalue weighted by molar-refractivity contribution is 7.98. The fourth-order valence-corrected chi connectivity index (χ4v) is 2.95. The van der Waals surface area contributed by atoms with Crippen molar-refractivity contribution in [1.29, 1.82) is 0 Å². The van der Waals surface area contributed by atoms with Crippen LogP contribution in [0.5, 0.6) is 0 Å². The molecule has 2 rings (SSSR count). The molecule has 1 unspecified atom stereocenters. The van der Waals surface area contributed by atoms with Crippen LogP contribution in [0.3, 0.4) is 0 Å². The number of rotatable bonds is 7. The molecule has 1 aliphatic heterocycles. The molecule has 1 aromatic heterocycles. The highest BCUT2D eigenvalue weighted by atomic mass is 32.2. The Bertz CT molecular complexity index is 435. The molecule has 0 aliphatic carbocycles. The highest BCUT2D eigenvalue weighted by Gasteiger charge is 2.16. The lowest BCUT2D eigenvalue weighted by Gasteiger charge is -2.27. The third-order valence-electron chi connectivity index (χ3n) is 3.62. The van der Waals surface area contributed by atoms with Crippen LogP contribution in [0.2, 0.25) is 0 Å². The zero-order valence-corrected chi connectivity index (χ0v) is 14.0. The Kier molecular flexibility index (Phi) is 6.35. The zero-order valence-electron chi connectivity index (χ0n) is 13.2. The monoisotopic (exact) mass is 310 g/mol. The van der Waals surface area contributed by atoms with Crippen LogP contribution < -0.4 is 15.5 Å². The first-order valence-electron chi connectivity index (χ1n) is 7.67. The van der Waals surface area contributed by atoms with Gasteiger partial charge in [0.1, 0.15) is 0 Å². The third-order valence-corrected chi connectivity index (χ3v) is 4.26. The van der Waals surface area contributed by atoms with E-state index in [0.29, 0.717) is 17.9 Å². The summed E-state index contributed by atoms with van der Waals surface area (Å²) >= 11 is 1.86. The molecule has 2 N–H and O–H groups in total. The number of nitrogens with zero attached hydrogens (tertiary/aromatic N) is 4. The van der Waals surface area contributed by atoms with E-state index in [4.69, 9.17) is 0 Å². The van der Waals surface area contributed by atoms with Gasteiger partial charge in [0, 0.05) is 26.2 Å². The van der Waals surface area contributed by atoms with Gasteiger partial charge in [0.05, 0.1) is 0 Å². The minimum absolute atomic E-state index is 0.360. The van der Waals surface area contributed by atoms with E-state index in [2.05, 4.69) is 43.7 Å². The lowest BCUT2D eigenvalue weighted by atomic mass is 10.1. The summed E-state index contributed by atoms with van der Waals surface area (Å²) in [5, 5.41) is 6.42. The van der Waals surface area contributed by atoms with E-state index >= 15 is 0 Å². The van der Waals surface area contributed by atoms with Crippen LogP contribution in [0.15, 0.2) is 0 Å². The van der Waals surface area contributed by atoms with Crippen molar-refractivity contribution >= 4 is 29.6 Å².